The molecule has 3 aliphatic heterocycles. The Bertz CT molecular complexity index is 1840. The van der Waals surface area contributed by atoms with Gasteiger partial charge >= 0.3 is 0 Å². The number of ether oxygens (including phenoxy) is 2. The van der Waals surface area contributed by atoms with Crippen molar-refractivity contribution in [2.75, 3.05) is 45.1 Å². The van der Waals surface area contributed by atoms with E-state index >= 15 is 0 Å². The van der Waals surface area contributed by atoms with Crippen LogP contribution in [0.4, 0.5) is 14.5 Å². The molecule has 10 nitrogen and oxygen atoms in total. The maximum absolute atomic E-state index is 14.2. The van der Waals surface area contributed by atoms with Crippen molar-refractivity contribution in [1.29, 1.82) is 0 Å². The Morgan fingerprint density at radius 3 is 2.24 bits per heavy atom. The number of benzene rings is 3. The van der Waals surface area contributed by atoms with Crippen molar-refractivity contribution in [3.63, 3.8) is 0 Å². The summed E-state index contributed by atoms with van der Waals surface area (Å²) in [6.07, 6.45) is 2.48. The molecule has 2 atom stereocenters. The topological polar surface area (TPSA) is 123 Å². The Morgan fingerprint density at radius 1 is 0.959 bits per heavy atom. The van der Waals surface area contributed by atoms with E-state index in [0.717, 1.165) is 11.1 Å². The van der Waals surface area contributed by atoms with Crippen LogP contribution in [0, 0.1) is 17.6 Å². The number of amides is 1. The lowest BCUT2D eigenvalue weighted by Crippen LogP contribution is -2.63. The average Bonchev–Trinajstić information content (AvgIpc) is 3.10. The SMILES string of the molecule is Nc1c(Oc2ccc(F)cc2)ncn(CC2(O)CCN(C(=O)[C@@H]3CCN(C4(c5ccc(F)cc5)COC4)C[C@H]3c3ccccc3)CC2)c1=O. The van der Waals surface area contributed by atoms with Crippen molar-refractivity contribution < 1.29 is 28.2 Å². The van der Waals surface area contributed by atoms with Crippen molar-refractivity contribution in [2.24, 2.45) is 5.92 Å². The van der Waals surface area contributed by atoms with Crippen LogP contribution in [-0.2, 0) is 21.6 Å². The van der Waals surface area contributed by atoms with Gasteiger partial charge in [-0.05, 0) is 73.3 Å². The molecule has 3 saturated heterocycles. The van der Waals surface area contributed by atoms with Gasteiger partial charge in [-0.15, -0.1) is 0 Å². The zero-order valence-electron chi connectivity index (χ0n) is 27.0. The third-order valence-electron chi connectivity index (χ3n) is 10.4. The van der Waals surface area contributed by atoms with Crippen LogP contribution in [0.1, 0.15) is 36.3 Å². The first-order valence-electron chi connectivity index (χ1n) is 16.6. The fourth-order valence-corrected chi connectivity index (χ4v) is 7.41. The van der Waals surface area contributed by atoms with Gasteiger partial charge in [0.25, 0.3) is 5.56 Å². The number of rotatable bonds is 8. The highest BCUT2D eigenvalue weighted by Gasteiger charge is 2.50. The van der Waals surface area contributed by atoms with Gasteiger partial charge in [-0.3, -0.25) is 19.1 Å². The number of aromatic nitrogens is 2. The van der Waals surface area contributed by atoms with E-state index in [4.69, 9.17) is 15.2 Å². The maximum atomic E-state index is 14.2. The van der Waals surface area contributed by atoms with E-state index in [0.29, 0.717) is 45.8 Å². The molecule has 256 valence electrons. The molecule has 3 aromatic carbocycles. The number of piperidine rings is 2. The maximum Gasteiger partial charge on any atom is 0.280 e. The number of hydrogen-bond donors (Lipinski definition) is 2. The Balaban J connectivity index is 1.03. The first-order chi connectivity index (χ1) is 23.6. The first kappa shape index (κ1) is 32.9. The third-order valence-corrected chi connectivity index (χ3v) is 10.4. The van der Waals surface area contributed by atoms with Crippen LogP contribution in [0.5, 0.6) is 11.6 Å². The Labute approximate surface area is 282 Å². The quantitative estimate of drug-likeness (QED) is 0.285. The molecule has 4 heterocycles. The fraction of sp³-hybridized carbons (Fsp3) is 0.378. The van der Waals surface area contributed by atoms with Crippen LogP contribution in [0.3, 0.4) is 0 Å². The van der Waals surface area contributed by atoms with Crippen LogP contribution < -0.4 is 16.0 Å². The lowest BCUT2D eigenvalue weighted by atomic mass is 9.76. The molecule has 3 aliphatic rings. The largest absolute Gasteiger partial charge is 0.437 e. The van der Waals surface area contributed by atoms with E-state index in [1.165, 1.54) is 47.3 Å². The van der Waals surface area contributed by atoms with Gasteiger partial charge < -0.3 is 25.2 Å². The summed E-state index contributed by atoms with van der Waals surface area (Å²) in [7, 11) is 0. The lowest BCUT2D eigenvalue weighted by molar-refractivity contribution is -0.163. The van der Waals surface area contributed by atoms with Gasteiger partial charge in [0.2, 0.25) is 11.8 Å². The standard InChI is InChI=1S/C37H39F2N5O5/c38-27-8-6-26(7-9-27)37(22-48-23-37)44-17-14-30(31(20-44)25-4-2-1-3-5-25)34(45)42-18-15-36(47,16-19-42)21-43-24-41-33(32(40)35(43)46)49-29-12-10-28(39)11-13-29/h1-13,24,30-31,47H,14-23,40H2/t30-,31+/m1/s1. The summed E-state index contributed by atoms with van der Waals surface area (Å²) in [5.41, 5.74) is 5.75. The van der Waals surface area contributed by atoms with E-state index in [9.17, 15) is 23.5 Å². The van der Waals surface area contributed by atoms with Crippen molar-refractivity contribution in [3.8, 4) is 11.6 Å². The normalized spacial score (nSPS) is 21.9. The van der Waals surface area contributed by atoms with Gasteiger partial charge in [0.15, 0.2) is 5.69 Å². The number of halogens is 2. The van der Waals surface area contributed by atoms with Crippen LogP contribution in [-0.4, -0.2) is 75.4 Å². The molecule has 49 heavy (non-hydrogen) atoms. The fourth-order valence-electron chi connectivity index (χ4n) is 7.41. The third kappa shape index (κ3) is 6.55. The van der Waals surface area contributed by atoms with Gasteiger partial charge in [-0.25, -0.2) is 13.8 Å². The van der Waals surface area contributed by atoms with Crippen LogP contribution >= 0.6 is 0 Å². The summed E-state index contributed by atoms with van der Waals surface area (Å²) in [4.78, 5) is 35.7. The minimum Gasteiger partial charge on any atom is -0.437 e. The van der Waals surface area contributed by atoms with Gasteiger partial charge in [0.1, 0.15) is 23.7 Å². The number of nitrogens with two attached hydrogens (primary N) is 1. The number of carbonyl (C=O) groups excluding carboxylic acids is 1. The molecule has 0 aliphatic carbocycles. The zero-order valence-corrected chi connectivity index (χ0v) is 27.0. The minimum atomic E-state index is -1.25. The number of nitrogens with zero attached hydrogens (tertiary/aromatic N) is 4. The van der Waals surface area contributed by atoms with Crippen LogP contribution in [0.2, 0.25) is 0 Å². The van der Waals surface area contributed by atoms with E-state index in [1.54, 1.807) is 0 Å². The predicted octanol–water partition coefficient (Wildman–Crippen LogP) is 4.28. The van der Waals surface area contributed by atoms with E-state index in [-0.39, 0.29) is 65.8 Å². The molecule has 3 fully saturated rings. The molecule has 12 heteroatoms. The zero-order chi connectivity index (χ0) is 34.2. The number of carbonyl (C=O) groups is 1. The van der Waals surface area contributed by atoms with E-state index in [1.807, 2.05) is 35.2 Å². The highest BCUT2D eigenvalue weighted by Crippen LogP contribution is 2.43. The van der Waals surface area contributed by atoms with Crippen LogP contribution in [0.15, 0.2) is 90.0 Å². The number of hydrogen-bond acceptors (Lipinski definition) is 8. The molecule has 3 N–H and O–H groups in total. The summed E-state index contributed by atoms with van der Waals surface area (Å²) in [5.74, 6) is -0.798. The number of aliphatic hydroxyl groups is 1. The number of nitrogen functional groups attached to an aromatic ring is 1. The summed E-state index contributed by atoms with van der Waals surface area (Å²) in [5, 5.41) is 11.5. The molecule has 1 amide bonds. The average molecular weight is 672 g/mol. The molecule has 0 saturated carbocycles. The molecule has 0 unspecified atom stereocenters. The minimum absolute atomic E-state index is 0.0412. The Hall–Kier alpha value is -4.65. The van der Waals surface area contributed by atoms with E-state index in [2.05, 4.69) is 22.0 Å². The second kappa shape index (κ2) is 13.3. The van der Waals surface area contributed by atoms with Gasteiger partial charge in [-0.2, -0.15) is 0 Å². The first-order valence-corrected chi connectivity index (χ1v) is 16.6. The second-order valence-electron chi connectivity index (χ2n) is 13.4. The molecule has 0 radical (unpaired) electrons. The highest BCUT2D eigenvalue weighted by molar-refractivity contribution is 5.80. The summed E-state index contributed by atoms with van der Waals surface area (Å²) >= 11 is 0. The Morgan fingerprint density at radius 2 is 1.61 bits per heavy atom. The predicted molar refractivity (Wildman–Crippen MR) is 178 cm³/mol. The highest BCUT2D eigenvalue weighted by atomic mass is 19.1. The van der Waals surface area contributed by atoms with Crippen molar-refractivity contribution in [2.45, 2.75) is 42.9 Å². The van der Waals surface area contributed by atoms with Gasteiger partial charge in [0.05, 0.1) is 30.9 Å². The van der Waals surface area contributed by atoms with Gasteiger partial charge in [-0.1, -0.05) is 42.5 Å². The Kier molecular flexibility index (Phi) is 8.95. The summed E-state index contributed by atoms with van der Waals surface area (Å²) < 4.78 is 39.6. The molecule has 4 aromatic rings. The summed E-state index contributed by atoms with van der Waals surface area (Å²) in [6, 6.07) is 22.0. The molecule has 1 aromatic heterocycles. The van der Waals surface area contributed by atoms with Crippen molar-refractivity contribution in [1.82, 2.24) is 19.4 Å². The molecule has 7 rings (SSSR count). The van der Waals surface area contributed by atoms with Gasteiger partial charge in [0, 0.05) is 31.5 Å². The monoisotopic (exact) mass is 671 g/mol. The lowest BCUT2D eigenvalue weighted by Gasteiger charge is -2.54. The summed E-state index contributed by atoms with van der Waals surface area (Å²) in [6.45, 7) is 3.01. The molecule has 0 bridgehead atoms. The van der Waals surface area contributed by atoms with Crippen molar-refractivity contribution in [3.05, 3.63) is 118 Å². The van der Waals surface area contributed by atoms with Crippen molar-refractivity contribution >= 4 is 11.6 Å². The molecular formula is C37H39F2N5O5. The number of anilines is 1. The molecule has 0 spiro atoms. The smallest absolute Gasteiger partial charge is 0.280 e. The second-order valence-corrected chi connectivity index (χ2v) is 13.4. The van der Waals surface area contributed by atoms with Crippen LogP contribution in [0.25, 0.3) is 0 Å². The number of likely N-dealkylation sites (tertiary alicyclic amines) is 2. The van der Waals surface area contributed by atoms with E-state index < -0.39 is 17.0 Å². The molecular weight excluding hydrogens is 632 g/mol.